The number of hydrogen-bond donors (Lipinski definition) is 3. The molecule has 0 aliphatic rings. The summed E-state index contributed by atoms with van der Waals surface area (Å²) in [6.45, 7) is 4.48. The quantitative estimate of drug-likeness (QED) is 0.774. The van der Waals surface area contributed by atoms with Crippen LogP contribution in [0.5, 0.6) is 0 Å². The van der Waals surface area contributed by atoms with Gasteiger partial charge in [-0.3, -0.25) is 9.78 Å². The van der Waals surface area contributed by atoms with Gasteiger partial charge < -0.3 is 16.4 Å². The van der Waals surface area contributed by atoms with Crippen molar-refractivity contribution in [1.82, 2.24) is 10.3 Å². The molecule has 1 rings (SSSR count). The molecule has 94 valence electrons. The first kappa shape index (κ1) is 13.8. The molecule has 5 nitrogen and oxygen atoms in total. The van der Waals surface area contributed by atoms with Crippen LogP contribution in [0.15, 0.2) is 16.9 Å². The predicted molar refractivity (Wildman–Crippen MR) is 72.7 cm³/mol. The summed E-state index contributed by atoms with van der Waals surface area (Å²) in [5.74, 6) is -0.0463. The minimum Gasteiger partial charge on any atom is -0.396 e. The van der Waals surface area contributed by atoms with Crippen molar-refractivity contribution in [2.45, 2.75) is 26.3 Å². The molecule has 6 heteroatoms. The van der Waals surface area contributed by atoms with E-state index in [1.54, 1.807) is 19.3 Å². The van der Waals surface area contributed by atoms with Crippen molar-refractivity contribution in [3.8, 4) is 0 Å². The minimum absolute atomic E-state index is 0.0463. The maximum Gasteiger partial charge on any atom is 0.242 e. The Morgan fingerprint density at radius 2 is 2.29 bits per heavy atom. The van der Waals surface area contributed by atoms with E-state index in [1.165, 1.54) is 0 Å². The number of nitrogens with one attached hydrogen (secondary N) is 2. The van der Waals surface area contributed by atoms with E-state index in [0.717, 1.165) is 10.9 Å². The average molecular weight is 301 g/mol. The smallest absolute Gasteiger partial charge is 0.242 e. The van der Waals surface area contributed by atoms with Gasteiger partial charge in [0, 0.05) is 12.7 Å². The molecule has 0 saturated carbocycles. The highest BCUT2D eigenvalue weighted by atomic mass is 79.9. The van der Waals surface area contributed by atoms with Crippen LogP contribution in [0.25, 0.3) is 0 Å². The Bertz CT molecular complexity index is 377. The topological polar surface area (TPSA) is 80.0 Å². The number of nitrogens with zero attached hydrogens (tertiary/aromatic N) is 1. The molecule has 1 amide bonds. The molecule has 0 aliphatic heterocycles. The normalized spacial score (nSPS) is 11.9. The third kappa shape index (κ3) is 3.89. The summed E-state index contributed by atoms with van der Waals surface area (Å²) in [6.07, 6.45) is 4.10. The summed E-state index contributed by atoms with van der Waals surface area (Å²) in [6, 6.07) is -0.345. The lowest BCUT2D eigenvalue weighted by Crippen LogP contribution is -2.38. The Morgan fingerprint density at radius 3 is 2.88 bits per heavy atom. The monoisotopic (exact) mass is 300 g/mol. The van der Waals surface area contributed by atoms with Crippen LogP contribution < -0.4 is 16.4 Å². The second-order valence-corrected chi connectivity index (χ2v) is 4.60. The number of aromatic nitrogens is 1. The van der Waals surface area contributed by atoms with Gasteiger partial charge in [-0.05, 0) is 29.3 Å². The lowest BCUT2D eigenvalue weighted by atomic mass is 10.2. The Hall–Kier alpha value is -1.30. The molecule has 0 bridgehead atoms. The van der Waals surface area contributed by atoms with E-state index in [1.807, 2.05) is 6.92 Å². The number of halogens is 1. The molecular weight excluding hydrogens is 284 g/mol. The molecule has 1 atom stereocenters. The van der Waals surface area contributed by atoms with E-state index >= 15 is 0 Å². The summed E-state index contributed by atoms with van der Waals surface area (Å²) in [5, 5.41) is 5.88. The van der Waals surface area contributed by atoms with Gasteiger partial charge in [-0.2, -0.15) is 0 Å². The molecule has 1 heterocycles. The highest BCUT2D eigenvalue weighted by Crippen LogP contribution is 2.27. The Labute approximate surface area is 109 Å². The predicted octanol–water partition coefficient (Wildman–Crippen LogP) is 1.75. The number of hydrogen-bond acceptors (Lipinski definition) is 4. The molecule has 1 unspecified atom stereocenters. The summed E-state index contributed by atoms with van der Waals surface area (Å²) in [5.41, 5.74) is 6.99. The van der Waals surface area contributed by atoms with Gasteiger partial charge in [-0.1, -0.05) is 6.92 Å². The highest BCUT2D eigenvalue weighted by Gasteiger charge is 2.14. The van der Waals surface area contributed by atoms with Crippen molar-refractivity contribution in [2.75, 3.05) is 17.6 Å². The second kappa shape index (κ2) is 6.44. The zero-order valence-corrected chi connectivity index (χ0v) is 11.5. The molecule has 0 saturated heterocycles. The van der Waals surface area contributed by atoms with Crippen LogP contribution in [0.1, 0.15) is 20.3 Å². The first-order chi connectivity index (χ1) is 8.06. The molecule has 4 N–H and O–H groups in total. The van der Waals surface area contributed by atoms with Crippen molar-refractivity contribution in [3.05, 3.63) is 16.9 Å². The number of anilines is 2. The Morgan fingerprint density at radius 1 is 1.59 bits per heavy atom. The van der Waals surface area contributed by atoms with Crippen LogP contribution in [-0.4, -0.2) is 23.5 Å². The zero-order valence-electron chi connectivity index (χ0n) is 9.96. The average Bonchev–Trinajstić information content (AvgIpc) is 2.30. The maximum atomic E-state index is 11.7. The number of nitrogen functional groups attached to an aromatic ring is 1. The van der Waals surface area contributed by atoms with Crippen LogP contribution >= 0.6 is 15.9 Å². The van der Waals surface area contributed by atoms with Crippen molar-refractivity contribution in [1.29, 1.82) is 0 Å². The number of carbonyl (C=O) groups excluding carboxylic acids is 1. The summed E-state index contributed by atoms with van der Waals surface area (Å²) in [4.78, 5) is 15.6. The van der Waals surface area contributed by atoms with E-state index < -0.39 is 0 Å². The van der Waals surface area contributed by atoms with E-state index in [9.17, 15) is 4.79 Å². The van der Waals surface area contributed by atoms with Gasteiger partial charge in [-0.25, -0.2) is 0 Å². The number of amides is 1. The second-order valence-electron chi connectivity index (χ2n) is 3.74. The van der Waals surface area contributed by atoms with Gasteiger partial charge in [-0.15, -0.1) is 0 Å². The van der Waals surface area contributed by atoms with Crippen molar-refractivity contribution in [2.24, 2.45) is 0 Å². The first-order valence-electron chi connectivity index (χ1n) is 5.49. The van der Waals surface area contributed by atoms with Crippen LogP contribution in [-0.2, 0) is 4.79 Å². The third-order valence-corrected chi connectivity index (χ3v) is 2.83. The fourth-order valence-electron chi connectivity index (χ4n) is 1.29. The summed E-state index contributed by atoms with van der Waals surface area (Å²) >= 11 is 3.34. The molecule has 1 aromatic heterocycles. The van der Waals surface area contributed by atoms with Crippen LogP contribution in [0, 0.1) is 0 Å². The van der Waals surface area contributed by atoms with Gasteiger partial charge >= 0.3 is 0 Å². The lowest BCUT2D eigenvalue weighted by molar-refractivity contribution is -0.121. The Balaban J connectivity index is 2.67. The Kier molecular flexibility index (Phi) is 5.21. The highest BCUT2D eigenvalue weighted by molar-refractivity contribution is 9.10. The number of nitrogens with two attached hydrogens (primary N) is 1. The van der Waals surface area contributed by atoms with Crippen LogP contribution in [0.3, 0.4) is 0 Å². The lowest BCUT2D eigenvalue weighted by Gasteiger charge is -2.17. The van der Waals surface area contributed by atoms with Gasteiger partial charge in [0.05, 0.1) is 22.0 Å². The molecule has 0 aliphatic carbocycles. The molecule has 0 spiro atoms. The third-order valence-electron chi connectivity index (χ3n) is 2.23. The van der Waals surface area contributed by atoms with Crippen molar-refractivity contribution in [3.63, 3.8) is 0 Å². The number of rotatable bonds is 5. The van der Waals surface area contributed by atoms with Gasteiger partial charge in [0.2, 0.25) is 5.91 Å². The molecular formula is C11H17BrN4O. The zero-order chi connectivity index (χ0) is 12.8. The molecule has 1 aromatic rings. The summed E-state index contributed by atoms with van der Waals surface area (Å²) < 4.78 is 0.743. The van der Waals surface area contributed by atoms with Crippen molar-refractivity contribution >= 4 is 33.2 Å². The standard InChI is InChI=1S/C11H17BrN4O/c1-3-4-15-11(17)7(2)16-10-8(12)5-14-6-9(10)13/h5-7H,3-4,13H2,1-2H3,(H,14,16)(H,15,17). The van der Waals surface area contributed by atoms with Crippen LogP contribution in [0.2, 0.25) is 0 Å². The number of pyridine rings is 1. The van der Waals surface area contributed by atoms with E-state index in [2.05, 4.69) is 31.5 Å². The molecule has 0 radical (unpaired) electrons. The van der Waals surface area contributed by atoms with Gasteiger partial charge in [0.15, 0.2) is 0 Å². The van der Waals surface area contributed by atoms with E-state index in [4.69, 9.17) is 5.73 Å². The molecule has 0 fully saturated rings. The van der Waals surface area contributed by atoms with Crippen LogP contribution in [0.4, 0.5) is 11.4 Å². The van der Waals surface area contributed by atoms with E-state index in [0.29, 0.717) is 17.9 Å². The van der Waals surface area contributed by atoms with E-state index in [-0.39, 0.29) is 11.9 Å². The number of carbonyl (C=O) groups is 1. The van der Waals surface area contributed by atoms with Gasteiger partial charge in [0.1, 0.15) is 6.04 Å². The van der Waals surface area contributed by atoms with Crippen molar-refractivity contribution < 1.29 is 4.79 Å². The largest absolute Gasteiger partial charge is 0.396 e. The first-order valence-corrected chi connectivity index (χ1v) is 6.28. The SMILES string of the molecule is CCCNC(=O)C(C)Nc1c(N)cncc1Br. The summed E-state index contributed by atoms with van der Waals surface area (Å²) in [7, 11) is 0. The molecule has 17 heavy (non-hydrogen) atoms. The minimum atomic E-state index is -0.345. The van der Waals surface area contributed by atoms with Gasteiger partial charge in [0.25, 0.3) is 0 Å². The maximum absolute atomic E-state index is 11.7. The molecule has 0 aromatic carbocycles. The fourth-order valence-corrected chi connectivity index (χ4v) is 1.75. The fraction of sp³-hybridized carbons (Fsp3) is 0.455.